The standard InChI is InChI=1S/C13H12O5/c1-17-12(15)10(13(16)18-2)8-11(14)9-6-4-3-5-7-9/h3-8H,1-2H3. The summed E-state index contributed by atoms with van der Waals surface area (Å²) in [5.41, 5.74) is -0.0725. The SMILES string of the molecule is COC(=O)C(=CC(=O)c1ccccc1)C(=O)OC. The van der Waals surface area contributed by atoms with E-state index in [1.807, 2.05) is 0 Å². The first-order chi connectivity index (χ1) is 8.60. The molecule has 5 nitrogen and oxygen atoms in total. The fourth-order valence-electron chi connectivity index (χ4n) is 1.24. The van der Waals surface area contributed by atoms with Gasteiger partial charge < -0.3 is 9.47 Å². The number of hydrogen-bond donors (Lipinski definition) is 0. The van der Waals surface area contributed by atoms with E-state index >= 15 is 0 Å². The molecule has 0 N–H and O–H groups in total. The summed E-state index contributed by atoms with van der Waals surface area (Å²) in [6, 6.07) is 8.26. The van der Waals surface area contributed by atoms with E-state index < -0.39 is 23.3 Å². The van der Waals surface area contributed by atoms with Gasteiger partial charge in [0.1, 0.15) is 5.57 Å². The number of hydrogen-bond acceptors (Lipinski definition) is 5. The van der Waals surface area contributed by atoms with Gasteiger partial charge in [-0.05, 0) is 0 Å². The first kappa shape index (κ1) is 13.6. The molecule has 0 aliphatic heterocycles. The number of methoxy groups -OCH3 is 2. The van der Waals surface area contributed by atoms with Gasteiger partial charge in [-0.2, -0.15) is 0 Å². The number of allylic oxidation sites excluding steroid dienone is 1. The lowest BCUT2D eigenvalue weighted by molar-refractivity contribution is -0.144. The van der Waals surface area contributed by atoms with Crippen molar-refractivity contribution in [2.75, 3.05) is 14.2 Å². The van der Waals surface area contributed by atoms with Crippen LogP contribution in [0.3, 0.4) is 0 Å². The van der Waals surface area contributed by atoms with Gasteiger partial charge >= 0.3 is 11.9 Å². The van der Waals surface area contributed by atoms with Gasteiger partial charge in [0.25, 0.3) is 0 Å². The van der Waals surface area contributed by atoms with Crippen LogP contribution in [-0.2, 0) is 19.1 Å². The van der Waals surface area contributed by atoms with E-state index in [-0.39, 0.29) is 0 Å². The van der Waals surface area contributed by atoms with Gasteiger partial charge in [-0.15, -0.1) is 0 Å². The zero-order valence-electron chi connectivity index (χ0n) is 10.0. The molecule has 0 fully saturated rings. The molecule has 1 aromatic rings. The fraction of sp³-hybridized carbons (Fsp3) is 0.154. The predicted octanol–water partition coefficient (Wildman–Crippen LogP) is 1.14. The quantitative estimate of drug-likeness (QED) is 0.263. The highest BCUT2D eigenvalue weighted by Gasteiger charge is 2.21. The Kier molecular flexibility index (Phi) is 4.80. The Bertz CT molecular complexity index is 469. The van der Waals surface area contributed by atoms with E-state index in [4.69, 9.17) is 0 Å². The van der Waals surface area contributed by atoms with Crippen LogP contribution in [0.25, 0.3) is 0 Å². The zero-order valence-corrected chi connectivity index (χ0v) is 10.0. The second-order valence-corrected chi connectivity index (χ2v) is 3.27. The predicted molar refractivity (Wildman–Crippen MR) is 62.9 cm³/mol. The molecule has 0 aliphatic rings. The Hall–Kier alpha value is -2.43. The summed E-state index contributed by atoms with van der Waals surface area (Å²) >= 11 is 0. The summed E-state index contributed by atoms with van der Waals surface area (Å²) in [5.74, 6) is -2.29. The number of ether oxygens (including phenoxy) is 2. The number of carbonyl (C=O) groups is 3. The van der Waals surface area contributed by atoms with Crippen molar-refractivity contribution in [2.45, 2.75) is 0 Å². The molecule has 0 radical (unpaired) electrons. The Balaban J connectivity index is 3.06. The molecule has 0 saturated heterocycles. The molecule has 0 spiro atoms. The lowest BCUT2D eigenvalue weighted by Gasteiger charge is -2.03. The van der Waals surface area contributed by atoms with Crippen LogP contribution < -0.4 is 0 Å². The summed E-state index contributed by atoms with van der Waals surface area (Å²) in [6.45, 7) is 0. The van der Waals surface area contributed by atoms with Crippen molar-refractivity contribution in [3.63, 3.8) is 0 Å². The average Bonchev–Trinajstić information content (AvgIpc) is 2.43. The number of benzene rings is 1. The third-order valence-corrected chi connectivity index (χ3v) is 2.14. The highest BCUT2D eigenvalue weighted by Crippen LogP contribution is 2.06. The van der Waals surface area contributed by atoms with Gasteiger partial charge in [0.2, 0.25) is 0 Å². The summed E-state index contributed by atoms with van der Waals surface area (Å²) in [7, 11) is 2.23. The van der Waals surface area contributed by atoms with E-state index in [1.165, 1.54) is 0 Å². The van der Waals surface area contributed by atoms with E-state index in [0.29, 0.717) is 5.56 Å². The molecular weight excluding hydrogens is 236 g/mol. The molecule has 18 heavy (non-hydrogen) atoms. The van der Waals surface area contributed by atoms with E-state index in [9.17, 15) is 14.4 Å². The molecule has 0 heterocycles. The summed E-state index contributed by atoms with van der Waals surface area (Å²) in [5, 5.41) is 0. The monoisotopic (exact) mass is 248 g/mol. The number of carbonyl (C=O) groups excluding carboxylic acids is 3. The van der Waals surface area contributed by atoms with Gasteiger partial charge in [-0.25, -0.2) is 9.59 Å². The molecular formula is C13H12O5. The van der Waals surface area contributed by atoms with Crippen molar-refractivity contribution in [1.82, 2.24) is 0 Å². The molecule has 0 unspecified atom stereocenters. The van der Waals surface area contributed by atoms with Crippen LogP contribution in [0.4, 0.5) is 0 Å². The Morgan fingerprint density at radius 1 is 0.944 bits per heavy atom. The van der Waals surface area contributed by atoms with Crippen LogP contribution in [0.2, 0.25) is 0 Å². The van der Waals surface area contributed by atoms with Crippen LogP contribution in [0.15, 0.2) is 42.0 Å². The number of ketones is 1. The topological polar surface area (TPSA) is 69.7 Å². The molecule has 5 heteroatoms. The minimum atomic E-state index is -0.911. The third kappa shape index (κ3) is 3.28. The smallest absolute Gasteiger partial charge is 0.345 e. The third-order valence-electron chi connectivity index (χ3n) is 2.14. The van der Waals surface area contributed by atoms with Crippen LogP contribution >= 0.6 is 0 Å². The second kappa shape index (κ2) is 6.34. The molecule has 0 bridgehead atoms. The lowest BCUT2D eigenvalue weighted by atomic mass is 10.1. The number of esters is 2. The van der Waals surface area contributed by atoms with Gasteiger partial charge in [0.15, 0.2) is 5.78 Å². The van der Waals surface area contributed by atoms with E-state index in [0.717, 1.165) is 20.3 Å². The summed E-state index contributed by atoms with van der Waals surface area (Å²) < 4.78 is 8.82. The lowest BCUT2D eigenvalue weighted by Crippen LogP contribution is -2.17. The van der Waals surface area contributed by atoms with Gasteiger partial charge in [-0.1, -0.05) is 30.3 Å². The number of rotatable bonds is 4. The maximum atomic E-state index is 11.8. The van der Waals surface area contributed by atoms with Crippen molar-refractivity contribution >= 4 is 17.7 Å². The van der Waals surface area contributed by atoms with Gasteiger partial charge in [-0.3, -0.25) is 4.79 Å². The molecule has 0 atom stereocenters. The van der Waals surface area contributed by atoms with Crippen LogP contribution in [0.5, 0.6) is 0 Å². The van der Waals surface area contributed by atoms with Gasteiger partial charge in [0.05, 0.1) is 14.2 Å². The van der Waals surface area contributed by atoms with Crippen molar-refractivity contribution in [2.24, 2.45) is 0 Å². The van der Waals surface area contributed by atoms with E-state index in [1.54, 1.807) is 30.3 Å². The molecule has 1 rings (SSSR count). The second-order valence-electron chi connectivity index (χ2n) is 3.27. The first-order valence-corrected chi connectivity index (χ1v) is 5.08. The summed E-state index contributed by atoms with van der Waals surface area (Å²) in [4.78, 5) is 34.5. The Morgan fingerprint density at radius 3 is 1.89 bits per heavy atom. The minimum Gasteiger partial charge on any atom is -0.465 e. The molecule has 0 aromatic heterocycles. The molecule has 0 aliphatic carbocycles. The molecule has 94 valence electrons. The zero-order chi connectivity index (χ0) is 13.5. The first-order valence-electron chi connectivity index (χ1n) is 5.08. The Morgan fingerprint density at radius 2 is 1.44 bits per heavy atom. The maximum absolute atomic E-state index is 11.8. The normalized spacial score (nSPS) is 9.22. The van der Waals surface area contributed by atoms with Crippen molar-refractivity contribution in [1.29, 1.82) is 0 Å². The average molecular weight is 248 g/mol. The fourth-order valence-corrected chi connectivity index (χ4v) is 1.24. The van der Waals surface area contributed by atoms with Gasteiger partial charge in [0, 0.05) is 11.6 Å². The van der Waals surface area contributed by atoms with E-state index in [2.05, 4.69) is 9.47 Å². The van der Waals surface area contributed by atoms with Crippen LogP contribution in [-0.4, -0.2) is 31.9 Å². The Labute approximate surface area is 104 Å². The molecule has 1 aromatic carbocycles. The molecule has 0 saturated carbocycles. The largest absolute Gasteiger partial charge is 0.465 e. The molecule has 0 amide bonds. The highest BCUT2D eigenvalue weighted by molar-refractivity contribution is 6.20. The minimum absolute atomic E-state index is 0.364. The highest BCUT2D eigenvalue weighted by atomic mass is 16.5. The van der Waals surface area contributed by atoms with Crippen molar-refractivity contribution in [3.8, 4) is 0 Å². The van der Waals surface area contributed by atoms with Crippen LogP contribution in [0, 0.1) is 0 Å². The van der Waals surface area contributed by atoms with Crippen LogP contribution in [0.1, 0.15) is 10.4 Å². The summed E-state index contributed by atoms with van der Waals surface area (Å²) in [6.07, 6.45) is 0.910. The van der Waals surface area contributed by atoms with Crippen molar-refractivity contribution < 1.29 is 23.9 Å². The van der Waals surface area contributed by atoms with Crippen molar-refractivity contribution in [3.05, 3.63) is 47.5 Å². The maximum Gasteiger partial charge on any atom is 0.345 e.